The number of rotatable bonds is 6. The van der Waals surface area contributed by atoms with Gasteiger partial charge in [0.2, 0.25) is 15.9 Å². The molecule has 2 N–H and O–H groups in total. The third-order valence-electron chi connectivity index (χ3n) is 5.02. The molecule has 1 fully saturated rings. The van der Waals surface area contributed by atoms with Crippen molar-refractivity contribution in [2.24, 2.45) is 5.92 Å². The highest BCUT2D eigenvalue weighted by Crippen LogP contribution is 2.32. The number of hydrogen-bond donors (Lipinski definition) is 2. The topological polar surface area (TPSA) is 95.9 Å². The average Bonchev–Trinajstić information content (AvgIpc) is 2.73. The van der Waals surface area contributed by atoms with Gasteiger partial charge in [-0.1, -0.05) is 23.7 Å². The predicted molar refractivity (Wildman–Crippen MR) is 111 cm³/mol. The van der Waals surface area contributed by atoms with Gasteiger partial charge in [0, 0.05) is 24.2 Å². The molecule has 3 rings (SSSR count). The van der Waals surface area contributed by atoms with E-state index in [0.29, 0.717) is 0 Å². The van der Waals surface area contributed by atoms with Gasteiger partial charge in [0.1, 0.15) is 10.6 Å². The number of carbonyl (C=O) groups is 1. The second-order valence-corrected chi connectivity index (χ2v) is 9.43. The summed E-state index contributed by atoms with van der Waals surface area (Å²) >= 11 is 6.03. The minimum absolute atomic E-state index is 0.00473. The molecule has 0 radical (unpaired) electrons. The summed E-state index contributed by atoms with van der Waals surface area (Å²) in [5.74, 6) is -1.45. The van der Waals surface area contributed by atoms with Gasteiger partial charge in [0.25, 0.3) is 0 Å². The van der Waals surface area contributed by atoms with E-state index in [1.165, 1.54) is 30.3 Å². The van der Waals surface area contributed by atoms with Crippen LogP contribution < -0.4 is 10.1 Å². The van der Waals surface area contributed by atoms with Crippen LogP contribution >= 0.6 is 11.6 Å². The van der Waals surface area contributed by atoms with Gasteiger partial charge in [-0.25, -0.2) is 8.42 Å². The van der Waals surface area contributed by atoms with Crippen molar-refractivity contribution in [3.8, 4) is 5.75 Å². The molecule has 1 aliphatic heterocycles. The number of carbonyl (C=O) groups excluding carboxylic acids is 1. The lowest BCUT2D eigenvalue weighted by Gasteiger charge is -2.37. The van der Waals surface area contributed by atoms with Crippen LogP contribution in [0, 0.1) is 5.92 Å². The van der Waals surface area contributed by atoms with Crippen LogP contribution in [0.2, 0.25) is 5.02 Å². The minimum atomic E-state index is -4.82. The van der Waals surface area contributed by atoms with Crippen molar-refractivity contribution < 1.29 is 36.2 Å². The summed E-state index contributed by atoms with van der Waals surface area (Å²) in [6.07, 6.45) is -4.55. The summed E-state index contributed by atoms with van der Waals surface area (Å²) in [6, 6.07) is 9.80. The lowest BCUT2D eigenvalue weighted by molar-refractivity contribution is -0.274. The van der Waals surface area contributed by atoms with E-state index in [1.807, 2.05) is 0 Å². The van der Waals surface area contributed by atoms with Crippen LogP contribution in [0.5, 0.6) is 5.75 Å². The second-order valence-electron chi connectivity index (χ2n) is 7.17. The van der Waals surface area contributed by atoms with E-state index in [-0.39, 0.29) is 35.0 Å². The first-order chi connectivity index (χ1) is 15.0. The molecule has 174 valence electrons. The maximum atomic E-state index is 13.0. The number of aliphatic hydroxyl groups excluding tert-OH is 1. The molecule has 1 aliphatic rings. The Morgan fingerprint density at radius 1 is 1.19 bits per heavy atom. The van der Waals surface area contributed by atoms with Crippen LogP contribution in [-0.4, -0.2) is 49.3 Å². The van der Waals surface area contributed by atoms with E-state index in [9.17, 15) is 31.5 Å². The summed E-state index contributed by atoms with van der Waals surface area (Å²) in [5.41, 5.74) is 0.260. The van der Waals surface area contributed by atoms with Crippen LogP contribution in [0.1, 0.15) is 12.8 Å². The van der Waals surface area contributed by atoms with Crippen molar-refractivity contribution in [2.45, 2.75) is 30.1 Å². The monoisotopic (exact) mass is 492 g/mol. The van der Waals surface area contributed by atoms with Crippen LogP contribution in [0.15, 0.2) is 53.4 Å². The quantitative estimate of drug-likeness (QED) is 0.642. The molecular weight excluding hydrogens is 473 g/mol. The van der Waals surface area contributed by atoms with Gasteiger partial charge < -0.3 is 15.2 Å². The van der Waals surface area contributed by atoms with Gasteiger partial charge in [-0.2, -0.15) is 4.31 Å². The number of alkyl halides is 3. The molecule has 0 aliphatic carbocycles. The number of aliphatic hydroxyl groups is 1. The lowest BCUT2D eigenvalue weighted by Crippen LogP contribution is -2.49. The Kier molecular flexibility index (Phi) is 7.33. The number of sulfonamides is 1. The predicted octanol–water partition coefficient (Wildman–Crippen LogP) is 3.64. The molecule has 0 saturated carbocycles. The molecule has 32 heavy (non-hydrogen) atoms. The summed E-state index contributed by atoms with van der Waals surface area (Å²) < 4.78 is 67.7. The summed E-state index contributed by atoms with van der Waals surface area (Å²) in [4.78, 5) is 12.6. The zero-order valence-corrected chi connectivity index (χ0v) is 18.1. The van der Waals surface area contributed by atoms with Crippen molar-refractivity contribution in [2.75, 3.05) is 18.5 Å². The molecule has 1 heterocycles. The lowest BCUT2D eigenvalue weighted by atomic mass is 9.92. The molecule has 12 heteroatoms. The summed E-state index contributed by atoms with van der Waals surface area (Å²) in [5, 5.41) is 12.4. The van der Waals surface area contributed by atoms with Gasteiger partial charge in [-0.15, -0.1) is 13.2 Å². The third kappa shape index (κ3) is 5.71. The van der Waals surface area contributed by atoms with Gasteiger partial charge >= 0.3 is 6.36 Å². The Morgan fingerprint density at radius 3 is 2.44 bits per heavy atom. The first-order valence-corrected chi connectivity index (χ1v) is 11.4. The molecule has 0 aromatic heterocycles. The molecule has 7 nitrogen and oxygen atoms in total. The Hall–Kier alpha value is -2.34. The smallest absolute Gasteiger partial charge is 0.406 e. The zero-order valence-electron chi connectivity index (χ0n) is 16.5. The maximum absolute atomic E-state index is 13.0. The highest BCUT2D eigenvalue weighted by Gasteiger charge is 2.39. The number of amides is 1. The number of piperidine rings is 1. The zero-order chi connectivity index (χ0) is 23.5. The number of nitrogens with one attached hydrogen (secondary N) is 1. The fraction of sp³-hybridized carbons (Fsp3) is 0.350. The SMILES string of the molecule is O=C(Nc1ccc(OC(F)(F)F)cc1)[C@H]1CCN(S(=O)(=O)c2ccccc2Cl)[C@H](CO)C1. The van der Waals surface area contributed by atoms with Crippen LogP contribution in [0.25, 0.3) is 0 Å². The molecular formula is C20H20ClF3N2O5S. The van der Waals surface area contributed by atoms with Gasteiger partial charge in [0.05, 0.1) is 11.6 Å². The van der Waals surface area contributed by atoms with E-state index in [4.69, 9.17) is 11.6 Å². The van der Waals surface area contributed by atoms with E-state index in [1.54, 1.807) is 6.07 Å². The van der Waals surface area contributed by atoms with Crippen LogP contribution in [0.4, 0.5) is 18.9 Å². The van der Waals surface area contributed by atoms with Crippen molar-refractivity contribution in [1.29, 1.82) is 0 Å². The minimum Gasteiger partial charge on any atom is -0.406 e. The van der Waals surface area contributed by atoms with Gasteiger partial charge in [-0.3, -0.25) is 4.79 Å². The summed E-state index contributed by atoms with van der Waals surface area (Å²) in [6.45, 7) is -0.494. The number of halogens is 4. The van der Waals surface area contributed by atoms with E-state index in [0.717, 1.165) is 16.4 Å². The van der Waals surface area contributed by atoms with E-state index < -0.39 is 46.6 Å². The third-order valence-corrected chi connectivity index (χ3v) is 7.47. The molecule has 2 aromatic carbocycles. The van der Waals surface area contributed by atoms with Crippen LogP contribution in [-0.2, 0) is 14.8 Å². The largest absolute Gasteiger partial charge is 0.573 e. The Morgan fingerprint density at radius 2 is 1.84 bits per heavy atom. The molecule has 0 bridgehead atoms. The fourth-order valence-corrected chi connectivity index (χ4v) is 5.65. The molecule has 0 unspecified atom stereocenters. The second kappa shape index (κ2) is 9.65. The molecule has 1 saturated heterocycles. The number of ether oxygens (including phenoxy) is 1. The Bertz CT molecular complexity index is 1060. The molecule has 1 amide bonds. The van der Waals surface area contributed by atoms with Crippen molar-refractivity contribution in [3.05, 3.63) is 53.6 Å². The standard InChI is InChI=1S/C20H20ClF3N2O5S/c21-17-3-1-2-4-18(17)32(29,30)26-10-9-13(11-15(26)12-27)19(28)25-14-5-7-16(8-6-14)31-20(22,23)24/h1-8,13,15,27H,9-12H2,(H,25,28)/t13-,15-/m0/s1. The summed E-state index contributed by atoms with van der Waals surface area (Å²) in [7, 11) is -3.98. The van der Waals surface area contributed by atoms with E-state index in [2.05, 4.69) is 10.1 Å². The molecule has 0 spiro atoms. The van der Waals surface area contributed by atoms with E-state index >= 15 is 0 Å². The first kappa shape index (κ1) is 24.3. The van der Waals surface area contributed by atoms with Crippen molar-refractivity contribution in [1.82, 2.24) is 4.31 Å². The van der Waals surface area contributed by atoms with Crippen molar-refractivity contribution >= 4 is 33.2 Å². The normalized spacial score (nSPS) is 20.0. The number of hydrogen-bond acceptors (Lipinski definition) is 5. The molecule has 2 atom stereocenters. The first-order valence-electron chi connectivity index (χ1n) is 9.55. The van der Waals surface area contributed by atoms with Crippen LogP contribution in [0.3, 0.4) is 0 Å². The van der Waals surface area contributed by atoms with Gasteiger partial charge in [-0.05, 0) is 49.2 Å². The van der Waals surface area contributed by atoms with Crippen molar-refractivity contribution in [3.63, 3.8) is 0 Å². The Balaban J connectivity index is 1.67. The fourth-order valence-electron chi connectivity index (χ4n) is 3.51. The number of benzene rings is 2. The maximum Gasteiger partial charge on any atom is 0.573 e. The van der Waals surface area contributed by atoms with Gasteiger partial charge in [0.15, 0.2) is 0 Å². The Labute approximate surface area is 187 Å². The highest BCUT2D eigenvalue weighted by molar-refractivity contribution is 7.89. The number of anilines is 1. The molecule has 2 aromatic rings. The highest BCUT2D eigenvalue weighted by atomic mass is 35.5. The number of nitrogens with zero attached hydrogens (tertiary/aromatic N) is 1. The average molecular weight is 493 g/mol.